The predicted octanol–water partition coefficient (Wildman–Crippen LogP) is 2.14. The lowest BCUT2D eigenvalue weighted by atomic mass is 9.99. The zero-order valence-corrected chi connectivity index (χ0v) is 10.9. The monoisotopic (exact) mass is 245 g/mol. The molecule has 0 radical (unpaired) electrons. The average molecular weight is 245 g/mol. The molecule has 1 fully saturated rings. The van der Waals surface area contributed by atoms with Crippen molar-refractivity contribution in [2.24, 2.45) is 0 Å². The van der Waals surface area contributed by atoms with Gasteiger partial charge in [0.05, 0.1) is 11.7 Å². The smallest absolute Gasteiger partial charge is 0.101 e. The van der Waals surface area contributed by atoms with Crippen LogP contribution in [-0.2, 0) is 4.74 Å². The van der Waals surface area contributed by atoms with Crippen molar-refractivity contribution < 1.29 is 4.74 Å². The highest BCUT2D eigenvalue weighted by Crippen LogP contribution is 2.28. The zero-order chi connectivity index (χ0) is 13.1. The molecule has 1 aliphatic heterocycles. The fourth-order valence-electron chi connectivity index (χ4n) is 2.55. The number of rotatable bonds is 2. The van der Waals surface area contributed by atoms with Gasteiger partial charge in [0.15, 0.2) is 0 Å². The summed E-state index contributed by atoms with van der Waals surface area (Å²) in [5.41, 5.74) is 7.91. The van der Waals surface area contributed by atoms with Crippen LogP contribution >= 0.6 is 0 Å². The molecule has 4 nitrogen and oxygen atoms in total. The molecule has 1 heterocycles. The average Bonchev–Trinajstić information content (AvgIpc) is 2.39. The first kappa shape index (κ1) is 12.7. The van der Waals surface area contributed by atoms with E-state index < -0.39 is 0 Å². The molecule has 0 bridgehead atoms. The number of nitriles is 1. The van der Waals surface area contributed by atoms with E-state index in [1.807, 2.05) is 18.2 Å². The summed E-state index contributed by atoms with van der Waals surface area (Å²) in [5, 5.41) is 9.02. The van der Waals surface area contributed by atoms with E-state index >= 15 is 0 Å². The Labute approximate surface area is 108 Å². The van der Waals surface area contributed by atoms with Gasteiger partial charge in [-0.25, -0.2) is 0 Å². The van der Waals surface area contributed by atoms with Gasteiger partial charge in [0.1, 0.15) is 6.07 Å². The highest BCUT2D eigenvalue weighted by molar-refractivity contribution is 5.63. The first-order valence-electron chi connectivity index (χ1n) is 6.24. The molecule has 0 aromatic heterocycles. The summed E-state index contributed by atoms with van der Waals surface area (Å²) in [5.74, 6) is 0. The van der Waals surface area contributed by atoms with Gasteiger partial charge >= 0.3 is 0 Å². The molecule has 2 rings (SSSR count). The first-order valence-corrected chi connectivity index (χ1v) is 6.24. The van der Waals surface area contributed by atoms with Crippen LogP contribution in [0.4, 0.5) is 11.4 Å². The molecule has 0 saturated carbocycles. The Kier molecular flexibility index (Phi) is 3.73. The van der Waals surface area contributed by atoms with Crippen molar-refractivity contribution in [2.75, 3.05) is 24.3 Å². The molecule has 2 N–H and O–H groups in total. The minimum atomic E-state index is 0.348. The van der Waals surface area contributed by atoms with E-state index in [0.29, 0.717) is 23.4 Å². The van der Waals surface area contributed by atoms with Crippen LogP contribution in [0.5, 0.6) is 0 Å². The maximum atomic E-state index is 9.02. The van der Waals surface area contributed by atoms with Crippen LogP contribution < -0.4 is 10.6 Å². The van der Waals surface area contributed by atoms with E-state index in [1.165, 1.54) is 0 Å². The Bertz CT molecular complexity index is 467. The summed E-state index contributed by atoms with van der Waals surface area (Å²) in [7, 11) is 1.77. The van der Waals surface area contributed by atoms with Crippen LogP contribution in [0.2, 0.25) is 0 Å². The number of hydrogen-bond donors (Lipinski definition) is 1. The molecule has 1 saturated heterocycles. The number of methoxy groups -OCH3 is 1. The zero-order valence-electron chi connectivity index (χ0n) is 10.9. The van der Waals surface area contributed by atoms with Gasteiger partial charge in [-0.3, -0.25) is 0 Å². The molecular weight excluding hydrogens is 226 g/mol. The molecule has 0 amide bonds. The number of hydrogen-bond acceptors (Lipinski definition) is 4. The van der Waals surface area contributed by atoms with Crippen LogP contribution in [0.3, 0.4) is 0 Å². The third-order valence-electron chi connectivity index (χ3n) is 3.65. The molecule has 1 aromatic carbocycles. The van der Waals surface area contributed by atoms with E-state index in [4.69, 9.17) is 15.7 Å². The molecule has 18 heavy (non-hydrogen) atoms. The van der Waals surface area contributed by atoms with Crippen molar-refractivity contribution in [2.45, 2.75) is 31.9 Å². The quantitative estimate of drug-likeness (QED) is 0.811. The molecule has 0 aliphatic carbocycles. The summed E-state index contributed by atoms with van der Waals surface area (Å²) in [4.78, 5) is 2.32. The maximum absolute atomic E-state index is 9.02. The lowest BCUT2D eigenvalue weighted by Crippen LogP contribution is -2.43. The molecule has 2 unspecified atom stereocenters. The second kappa shape index (κ2) is 5.28. The third kappa shape index (κ3) is 2.41. The van der Waals surface area contributed by atoms with Crippen molar-refractivity contribution in [1.82, 2.24) is 0 Å². The Morgan fingerprint density at radius 2 is 2.28 bits per heavy atom. The number of nitrogen functional groups attached to an aromatic ring is 1. The maximum Gasteiger partial charge on any atom is 0.101 e. The van der Waals surface area contributed by atoms with E-state index in [0.717, 1.165) is 25.1 Å². The lowest BCUT2D eigenvalue weighted by Gasteiger charge is -2.38. The van der Waals surface area contributed by atoms with Crippen molar-refractivity contribution in [3.63, 3.8) is 0 Å². The second-order valence-corrected chi connectivity index (χ2v) is 4.81. The molecule has 0 spiro atoms. The van der Waals surface area contributed by atoms with Gasteiger partial charge in [-0.2, -0.15) is 5.26 Å². The van der Waals surface area contributed by atoms with Gasteiger partial charge in [-0.15, -0.1) is 0 Å². The largest absolute Gasteiger partial charge is 0.398 e. The third-order valence-corrected chi connectivity index (χ3v) is 3.65. The van der Waals surface area contributed by atoms with Gasteiger partial charge in [0, 0.05) is 31.1 Å². The predicted molar refractivity (Wildman–Crippen MR) is 72.4 cm³/mol. The van der Waals surface area contributed by atoms with Crippen LogP contribution in [0, 0.1) is 11.3 Å². The highest BCUT2D eigenvalue weighted by Gasteiger charge is 2.25. The van der Waals surface area contributed by atoms with Crippen molar-refractivity contribution in [3.05, 3.63) is 23.8 Å². The Morgan fingerprint density at radius 3 is 2.89 bits per heavy atom. The normalized spacial score (nSPS) is 23.7. The summed E-state index contributed by atoms with van der Waals surface area (Å²) >= 11 is 0. The summed E-state index contributed by atoms with van der Waals surface area (Å²) in [6, 6.07) is 8.22. The van der Waals surface area contributed by atoms with Crippen LogP contribution in [0.25, 0.3) is 0 Å². The topological polar surface area (TPSA) is 62.3 Å². The number of ether oxygens (including phenoxy) is 1. The molecule has 1 aliphatic rings. The Hall–Kier alpha value is -1.73. The van der Waals surface area contributed by atoms with E-state index in [2.05, 4.69) is 17.9 Å². The van der Waals surface area contributed by atoms with Crippen molar-refractivity contribution in [3.8, 4) is 6.07 Å². The lowest BCUT2D eigenvalue weighted by molar-refractivity contribution is 0.0721. The number of benzene rings is 1. The number of anilines is 2. The van der Waals surface area contributed by atoms with Crippen LogP contribution in [0.1, 0.15) is 25.3 Å². The fourth-order valence-corrected chi connectivity index (χ4v) is 2.55. The van der Waals surface area contributed by atoms with Crippen LogP contribution in [-0.4, -0.2) is 25.8 Å². The highest BCUT2D eigenvalue weighted by atomic mass is 16.5. The fraction of sp³-hybridized carbons (Fsp3) is 0.500. The van der Waals surface area contributed by atoms with Gasteiger partial charge in [-0.1, -0.05) is 0 Å². The number of nitrogens with two attached hydrogens (primary N) is 1. The first-order chi connectivity index (χ1) is 8.65. The van der Waals surface area contributed by atoms with Gasteiger partial charge in [0.25, 0.3) is 0 Å². The standard InChI is InChI=1S/C14H19N3O/c1-10-7-13(18-2)5-6-17(10)12-3-4-14(16)11(8-12)9-15/h3-4,8,10,13H,5-7,16H2,1-2H3. The molecule has 2 atom stereocenters. The van der Waals surface area contributed by atoms with Gasteiger partial charge in [-0.05, 0) is 38.0 Å². The second-order valence-electron chi connectivity index (χ2n) is 4.81. The van der Waals surface area contributed by atoms with E-state index in [-0.39, 0.29) is 0 Å². The molecular formula is C14H19N3O. The minimum Gasteiger partial charge on any atom is -0.398 e. The minimum absolute atomic E-state index is 0.348. The number of nitrogens with zero attached hydrogens (tertiary/aromatic N) is 2. The van der Waals surface area contributed by atoms with E-state index in [1.54, 1.807) is 7.11 Å². The number of piperidine rings is 1. The summed E-state index contributed by atoms with van der Waals surface area (Å²) in [6.45, 7) is 3.14. The Morgan fingerprint density at radius 1 is 1.50 bits per heavy atom. The molecule has 96 valence electrons. The SMILES string of the molecule is COC1CCN(c2ccc(N)c(C#N)c2)C(C)C1. The molecule has 1 aromatic rings. The molecule has 4 heteroatoms. The summed E-state index contributed by atoms with van der Waals surface area (Å²) < 4.78 is 5.41. The van der Waals surface area contributed by atoms with Gasteiger partial charge in [0.2, 0.25) is 0 Å². The van der Waals surface area contributed by atoms with E-state index in [9.17, 15) is 0 Å². The summed E-state index contributed by atoms with van der Waals surface area (Å²) in [6.07, 6.45) is 2.39. The van der Waals surface area contributed by atoms with Crippen molar-refractivity contribution in [1.29, 1.82) is 5.26 Å². The van der Waals surface area contributed by atoms with Crippen LogP contribution in [0.15, 0.2) is 18.2 Å². The van der Waals surface area contributed by atoms with Gasteiger partial charge < -0.3 is 15.4 Å². The van der Waals surface area contributed by atoms with Crippen molar-refractivity contribution >= 4 is 11.4 Å². The Balaban J connectivity index is 2.20.